The smallest absolute Gasteiger partial charge is 0.415 e. The van der Waals surface area contributed by atoms with Crippen LogP contribution >= 0.6 is 0 Å². The van der Waals surface area contributed by atoms with Crippen molar-refractivity contribution in [2.24, 2.45) is 0 Å². The van der Waals surface area contributed by atoms with Crippen molar-refractivity contribution in [2.75, 3.05) is 11.5 Å². The topological polar surface area (TPSA) is 121 Å². The van der Waals surface area contributed by atoms with E-state index in [1.54, 1.807) is 17.2 Å². The van der Waals surface area contributed by atoms with Crippen molar-refractivity contribution in [1.29, 1.82) is 0 Å². The van der Waals surface area contributed by atoms with Gasteiger partial charge in [-0.2, -0.15) is 4.68 Å². The lowest BCUT2D eigenvalue weighted by Crippen LogP contribution is -2.36. The summed E-state index contributed by atoms with van der Waals surface area (Å²) in [7, 11) is 0. The van der Waals surface area contributed by atoms with Crippen LogP contribution in [0.5, 0.6) is 5.88 Å². The molecule has 0 unspecified atom stereocenters. The molecule has 0 radical (unpaired) electrons. The van der Waals surface area contributed by atoms with Crippen LogP contribution in [0.25, 0.3) is 16.9 Å². The van der Waals surface area contributed by atoms with Crippen LogP contribution in [-0.4, -0.2) is 55.2 Å². The molecular weight excluding hydrogens is 402 g/mol. The van der Waals surface area contributed by atoms with Gasteiger partial charge in [0, 0.05) is 17.8 Å². The van der Waals surface area contributed by atoms with Crippen LogP contribution < -0.4 is 9.64 Å². The Morgan fingerprint density at radius 2 is 2.10 bits per heavy atom. The van der Waals surface area contributed by atoms with Gasteiger partial charge >= 0.3 is 6.09 Å². The summed E-state index contributed by atoms with van der Waals surface area (Å²) < 4.78 is 17.4. The number of amides is 1. The van der Waals surface area contributed by atoms with E-state index in [1.807, 2.05) is 24.3 Å². The monoisotopic (exact) mass is 417 g/mol. The third-order valence-electron chi connectivity index (χ3n) is 5.45. The number of carbonyl (C=O) groups is 1. The minimum absolute atomic E-state index is 0.120. The van der Waals surface area contributed by atoms with Gasteiger partial charge in [-0.05, 0) is 57.4 Å². The van der Waals surface area contributed by atoms with E-state index in [0.29, 0.717) is 18.1 Å². The van der Waals surface area contributed by atoms with Crippen LogP contribution in [0.15, 0.2) is 59.7 Å². The summed E-state index contributed by atoms with van der Waals surface area (Å²) in [5.41, 5.74) is 3.91. The highest BCUT2D eigenvalue weighted by molar-refractivity contribution is 5.94. The van der Waals surface area contributed by atoms with Gasteiger partial charge in [-0.3, -0.25) is 4.90 Å². The molecule has 5 heterocycles. The predicted molar refractivity (Wildman–Crippen MR) is 105 cm³/mol. The van der Waals surface area contributed by atoms with Gasteiger partial charge in [0.2, 0.25) is 0 Å². The second kappa shape index (κ2) is 6.90. The molecule has 3 aromatic heterocycles. The highest BCUT2D eigenvalue weighted by atomic mass is 16.6. The number of hydrogen-bond donors (Lipinski definition) is 0. The van der Waals surface area contributed by atoms with E-state index < -0.39 is 6.10 Å². The molecule has 1 fully saturated rings. The Kier molecular flexibility index (Phi) is 3.91. The maximum atomic E-state index is 12.5. The Labute approximate surface area is 175 Å². The normalized spacial score (nSPS) is 19.2. The van der Waals surface area contributed by atoms with Crippen LogP contribution in [0.2, 0.25) is 0 Å². The van der Waals surface area contributed by atoms with Crippen LogP contribution in [0.3, 0.4) is 0 Å². The van der Waals surface area contributed by atoms with E-state index in [0.717, 1.165) is 22.4 Å². The van der Waals surface area contributed by atoms with Crippen LogP contribution in [0.4, 0.5) is 10.5 Å². The summed E-state index contributed by atoms with van der Waals surface area (Å²) in [5.74, 6) is 0.998. The number of carbonyl (C=O) groups excluding carboxylic acids is 1. The number of fused-ring (bicyclic) bond motifs is 3. The number of benzene rings is 1. The van der Waals surface area contributed by atoms with Crippen molar-refractivity contribution >= 4 is 11.8 Å². The number of ether oxygens (including phenoxy) is 2. The zero-order chi connectivity index (χ0) is 20.8. The van der Waals surface area contributed by atoms with Crippen molar-refractivity contribution in [1.82, 2.24) is 30.3 Å². The molecule has 0 aliphatic carbocycles. The molecule has 2 atom stereocenters. The van der Waals surface area contributed by atoms with Crippen molar-refractivity contribution < 1.29 is 18.8 Å². The van der Waals surface area contributed by atoms with E-state index in [4.69, 9.17) is 14.0 Å². The Balaban J connectivity index is 1.23. The van der Waals surface area contributed by atoms with Gasteiger partial charge < -0.3 is 14.0 Å². The lowest BCUT2D eigenvalue weighted by molar-refractivity contribution is 0.0886. The fraction of sp³-hybridized carbons (Fsp3) is 0.200. The lowest BCUT2D eigenvalue weighted by atomic mass is 10.0. The molecule has 6 rings (SSSR count). The molecule has 2 aliphatic rings. The zero-order valence-corrected chi connectivity index (χ0v) is 16.0. The Morgan fingerprint density at radius 1 is 1.16 bits per heavy atom. The van der Waals surface area contributed by atoms with E-state index >= 15 is 0 Å². The first-order chi connectivity index (χ1) is 15.3. The number of tetrazole rings is 1. The number of anilines is 1. The van der Waals surface area contributed by atoms with Gasteiger partial charge in [-0.1, -0.05) is 6.07 Å². The fourth-order valence-corrected chi connectivity index (χ4v) is 4.00. The molecule has 11 nitrogen and oxygen atoms in total. The van der Waals surface area contributed by atoms with Gasteiger partial charge in [0.1, 0.15) is 19.2 Å². The standard InChI is InChI=1S/C20H15N7O4/c28-20-27-15-3-1-12(13-2-4-18(21-9-13)26-11-22-24-25-26)7-14(15)8-16(27)17(31-20)10-29-19-5-6-30-23-19/h1-7,9,11,16-17H,8,10H2/t16-,17-/m0/s1. The summed E-state index contributed by atoms with van der Waals surface area (Å²) in [6, 6.07) is 11.3. The number of aromatic nitrogens is 6. The molecule has 4 aromatic rings. The first kappa shape index (κ1) is 17.6. The SMILES string of the molecule is O=C1O[C@@H](COc2ccon2)[C@@H]2Cc3cc(-c4ccc(-n5cnnn5)nc4)ccc3N12. The highest BCUT2D eigenvalue weighted by Crippen LogP contribution is 2.40. The summed E-state index contributed by atoms with van der Waals surface area (Å²) in [4.78, 5) is 18.6. The molecule has 0 N–H and O–H groups in total. The van der Waals surface area contributed by atoms with Crippen molar-refractivity contribution in [3.63, 3.8) is 0 Å². The Bertz CT molecular complexity index is 1230. The van der Waals surface area contributed by atoms with E-state index in [1.165, 1.54) is 17.3 Å². The second-order valence-electron chi connectivity index (χ2n) is 7.22. The van der Waals surface area contributed by atoms with Gasteiger partial charge in [0.05, 0.1) is 11.7 Å². The largest absolute Gasteiger partial charge is 0.471 e. The van der Waals surface area contributed by atoms with E-state index in [-0.39, 0.29) is 18.7 Å². The fourth-order valence-electron chi connectivity index (χ4n) is 4.00. The van der Waals surface area contributed by atoms with Crippen LogP contribution in [0, 0.1) is 0 Å². The van der Waals surface area contributed by atoms with Crippen molar-refractivity contribution in [3.05, 3.63) is 60.7 Å². The minimum atomic E-state index is -0.391. The molecule has 11 heteroatoms. The molecule has 1 aromatic carbocycles. The molecule has 2 aliphatic heterocycles. The van der Waals surface area contributed by atoms with Crippen LogP contribution in [-0.2, 0) is 11.2 Å². The molecule has 0 spiro atoms. The van der Waals surface area contributed by atoms with Crippen molar-refractivity contribution in [3.8, 4) is 22.8 Å². The number of nitrogens with zero attached hydrogens (tertiary/aromatic N) is 7. The first-order valence-electron chi connectivity index (χ1n) is 9.62. The molecule has 1 amide bonds. The summed E-state index contributed by atoms with van der Waals surface area (Å²) in [6.45, 7) is 0.211. The van der Waals surface area contributed by atoms with Gasteiger partial charge in [-0.15, -0.1) is 5.10 Å². The molecule has 31 heavy (non-hydrogen) atoms. The quantitative estimate of drug-likeness (QED) is 0.480. The summed E-state index contributed by atoms with van der Waals surface area (Å²) in [5, 5.41) is 14.8. The number of hydrogen-bond acceptors (Lipinski definition) is 9. The number of cyclic esters (lactones) is 1. The lowest BCUT2D eigenvalue weighted by Gasteiger charge is -2.16. The molecule has 154 valence electrons. The van der Waals surface area contributed by atoms with Gasteiger partial charge in [0.15, 0.2) is 11.9 Å². The van der Waals surface area contributed by atoms with E-state index in [2.05, 4.69) is 31.7 Å². The minimum Gasteiger partial charge on any atom is -0.471 e. The second-order valence-corrected chi connectivity index (χ2v) is 7.22. The number of rotatable bonds is 5. The van der Waals surface area contributed by atoms with Crippen LogP contribution in [0.1, 0.15) is 5.56 Å². The molecule has 1 saturated heterocycles. The van der Waals surface area contributed by atoms with Crippen molar-refractivity contribution in [2.45, 2.75) is 18.6 Å². The third kappa shape index (κ3) is 2.98. The maximum Gasteiger partial charge on any atom is 0.415 e. The van der Waals surface area contributed by atoms with Gasteiger partial charge in [-0.25, -0.2) is 9.78 Å². The zero-order valence-electron chi connectivity index (χ0n) is 16.0. The average molecular weight is 417 g/mol. The molecule has 0 bridgehead atoms. The number of pyridine rings is 1. The molecular formula is C20H15N7O4. The van der Waals surface area contributed by atoms with Gasteiger partial charge in [0.25, 0.3) is 5.88 Å². The predicted octanol–water partition coefficient (Wildman–Crippen LogP) is 2.04. The summed E-state index contributed by atoms with van der Waals surface area (Å²) >= 11 is 0. The molecule has 0 saturated carbocycles. The Morgan fingerprint density at radius 3 is 2.87 bits per heavy atom. The van der Waals surface area contributed by atoms with E-state index in [9.17, 15) is 4.79 Å². The highest BCUT2D eigenvalue weighted by Gasteiger charge is 2.47. The maximum absolute atomic E-state index is 12.5. The third-order valence-corrected chi connectivity index (χ3v) is 5.45. The average Bonchev–Trinajstić information content (AvgIpc) is 3.58. The Hall–Kier alpha value is -4.28. The summed E-state index contributed by atoms with van der Waals surface area (Å²) in [6.07, 6.45) is 4.62. The first-order valence-corrected chi connectivity index (χ1v) is 9.62.